The predicted molar refractivity (Wildman–Crippen MR) is 85.7 cm³/mol. The minimum Gasteiger partial charge on any atom is -0.376 e. The fourth-order valence-electron chi connectivity index (χ4n) is 3.71. The van der Waals surface area contributed by atoms with E-state index < -0.39 is 11.6 Å². The Morgan fingerprint density at radius 1 is 1.33 bits per heavy atom. The van der Waals surface area contributed by atoms with E-state index in [-0.39, 0.29) is 24.5 Å². The van der Waals surface area contributed by atoms with Gasteiger partial charge in [-0.2, -0.15) is 5.01 Å². The molecule has 2 saturated heterocycles. The van der Waals surface area contributed by atoms with E-state index in [1.54, 1.807) is 0 Å². The van der Waals surface area contributed by atoms with Crippen molar-refractivity contribution < 1.29 is 19.1 Å². The molecule has 24 heavy (non-hydrogen) atoms. The molecule has 0 bridgehead atoms. The summed E-state index contributed by atoms with van der Waals surface area (Å²) in [5, 5.41) is 3.66. The third-order valence-electron chi connectivity index (χ3n) is 5.22. The first kappa shape index (κ1) is 17.2. The summed E-state index contributed by atoms with van der Waals surface area (Å²) >= 11 is 0. The van der Waals surface area contributed by atoms with E-state index in [1.807, 2.05) is 11.8 Å². The Morgan fingerprint density at radius 3 is 2.71 bits per heavy atom. The van der Waals surface area contributed by atoms with Crippen molar-refractivity contribution in [2.24, 2.45) is 5.92 Å². The Morgan fingerprint density at radius 2 is 2.04 bits per heavy atom. The van der Waals surface area contributed by atoms with Gasteiger partial charge in [-0.15, -0.1) is 0 Å². The zero-order chi connectivity index (χ0) is 17.3. The average molecular weight is 338 g/mol. The van der Waals surface area contributed by atoms with Gasteiger partial charge in [0.25, 0.3) is 11.8 Å². The Labute approximate surface area is 141 Å². The molecule has 3 fully saturated rings. The second kappa shape index (κ2) is 6.68. The van der Waals surface area contributed by atoms with E-state index in [9.17, 15) is 14.4 Å². The van der Waals surface area contributed by atoms with Crippen LogP contribution in [0.1, 0.15) is 39.5 Å². The molecule has 1 aliphatic carbocycles. The highest BCUT2D eigenvalue weighted by molar-refractivity contribution is 6.08. The topological polar surface area (TPSA) is 91.0 Å². The number of amides is 4. The lowest BCUT2D eigenvalue weighted by Crippen LogP contribution is -2.53. The van der Waals surface area contributed by atoms with E-state index in [2.05, 4.69) is 17.7 Å². The summed E-state index contributed by atoms with van der Waals surface area (Å²) in [6.45, 7) is 6.16. The summed E-state index contributed by atoms with van der Waals surface area (Å²) in [5.74, 6) is -0.121. The molecule has 1 spiro atoms. The van der Waals surface area contributed by atoms with Crippen LogP contribution in [0.25, 0.3) is 0 Å². The summed E-state index contributed by atoms with van der Waals surface area (Å²) in [5.41, 5.74) is 1.64. The standard InChI is InChI=1S/C16H26N4O4/c1-11-3-5-16(6-4-11)14(22)20(15(23)17-16)18-13(21)10-19-7-8-24-12(2)9-19/h11-12H,3-10H2,1-2H3,(H,17,23)(H,18,21)/t11?,12-,16?/m0/s1. The van der Waals surface area contributed by atoms with Crippen LogP contribution in [0, 0.1) is 5.92 Å². The van der Waals surface area contributed by atoms with Crippen molar-refractivity contribution in [3.63, 3.8) is 0 Å². The van der Waals surface area contributed by atoms with E-state index in [0.717, 1.165) is 17.9 Å². The maximum absolute atomic E-state index is 12.7. The van der Waals surface area contributed by atoms with Crippen LogP contribution in [-0.2, 0) is 14.3 Å². The number of nitrogens with zero attached hydrogens (tertiary/aromatic N) is 2. The molecule has 0 unspecified atom stereocenters. The zero-order valence-electron chi connectivity index (χ0n) is 14.3. The van der Waals surface area contributed by atoms with Crippen molar-refractivity contribution in [3.8, 4) is 0 Å². The first-order chi connectivity index (χ1) is 11.4. The highest BCUT2D eigenvalue weighted by Crippen LogP contribution is 2.35. The number of rotatable bonds is 3. The summed E-state index contributed by atoms with van der Waals surface area (Å²) < 4.78 is 5.44. The number of ether oxygens (including phenoxy) is 1. The summed E-state index contributed by atoms with van der Waals surface area (Å²) in [6, 6.07) is -0.529. The van der Waals surface area contributed by atoms with Crippen LogP contribution >= 0.6 is 0 Å². The summed E-state index contributed by atoms with van der Waals surface area (Å²) in [4.78, 5) is 39.0. The highest BCUT2D eigenvalue weighted by atomic mass is 16.5. The monoisotopic (exact) mass is 338 g/mol. The van der Waals surface area contributed by atoms with Crippen LogP contribution in [0.15, 0.2) is 0 Å². The first-order valence-corrected chi connectivity index (χ1v) is 8.70. The molecule has 3 aliphatic rings. The van der Waals surface area contributed by atoms with Gasteiger partial charge in [0.15, 0.2) is 0 Å². The number of urea groups is 1. The molecule has 1 saturated carbocycles. The summed E-state index contributed by atoms with van der Waals surface area (Å²) in [6.07, 6.45) is 3.15. The lowest BCUT2D eigenvalue weighted by atomic mass is 9.77. The van der Waals surface area contributed by atoms with Gasteiger partial charge >= 0.3 is 6.03 Å². The van der Waals surface area contributed by atoms with E-state index in [4.69, 9.17) is 4.74 Å². The molecular weight excluding hydrogens is 312 g/mol. The maximum atomic E-state index is 12.7. The van der Waals surface area contributed by atoms with Gasteiger partial charge in [0, 0.05) is 13.1 Å². The van der Waals surface area contributed by atoms with Crippen molar-refractivity contribution in [1.29, 1.82) is 0 Å². The highest BCUT2D eigenvalue weighted by Gasteiger charge is 2.52. The smallest absolute Gasteiger partial charge is 0.344 e. The van der Waals surface area contributed by atoms with Gasteiger partial charge in [-0.1, -0.05) is 6.92 Å². The van der Waals surface area contributed by atoms with Gasteiger partial charge < -0.3 is 10.1 Å². The lowest BCUT2D eigenvalue weighted by molar-refractivity contribution is -0.141. The Bertz CT molecular complexity index is 530. The van der Waals surface area contributed by atoms with Gasteiger partial charge in [-0.05, 0) is 38.5 Å². The molecule has 4 amide bonds. The predicted octanol–water partition coefficient (Wildman–Crippen LogP) is 0.239. The fourth-order valence-corrected chi connectivity index (χ4v) is 3.71. The molecule has 134 valence electrons. The molecule has 0 aromatic heterocycles. The molecule has 0 aromatic rings. The van der Waals surface area contributed by atoms with E-state index in [0.29, 0.717) is 38.5 Å². The van der Waals surface area contributed by atoms with Gasteiger partial charge in [0.05, 0.1) is 19.3 Å². The van der Waals surface area contributed by atoms with Crippen LogP contribution in [0.4, 0.5) is 4.79 Å². The number of hydrogen-bond acceptors (Lipinski definition) is 5. The largest absolute Gasteiger partial charge is 0.376 e. The number of imide groups is 1. The Kier molecular flexibility index (Phi) is 4.78. The van der Waals surface area contributed by atoms with Crippen LogP contribution < -0.4 is 10.7 Å². The van der Waals surface area contributed by atoms with Gasteiger partial charge in [0.2, 0.25) is 0 Å². The second-order valence-corrected chi connectivity index (χ2v) is 7.29. The SMILES string of the molecule is CC1CCC2(CC1)NC(=O)N(NC(=O)CN1CCO[C@@H](C)C1)C2=O. The molecule has 8 heteroatoms. The number of nitrogens with one attached hydrogen (secondary N) is 2. The van der Waals surface area contributed by atoms with Crippen molar-refractivity contribution in [2.75, 3.05) is 26.2 Å². The van der Waals surface area contributed by atoms with Crippen molar-refractivity contribution >= 4 is 17.8 Å². The van der Waals surface area contributed by atoms with Crippen LogP contribution in [0.3, 0.4) is 0 Å². The zero-order valence-corrected chi connectivity index (χ0v) is 14.3. The molecular formula is C16H26N4O4. The number of hydrazine groups is 1. The minimum atomic E-state index is -0.829. The molecule has 0 radical (unpaired) electrons. The maximum Gasteiger partial charge on any atom is 0.344 e. The molecule has 1 atom stereocenters. The van der Waals surface area contributed by atoms with Crippen molar-refractivity contribution in [1.82, 2.24) is 20.7 Å². The van der Waals surface area contributed by atoms with Crippen LogP contribution in [0.5, 0.6) is 0 Å². The number of carbonyl (C=O) groups excluding carboxylic acids is 3. The quantitative estimate of drug-likeness (QED) is 0.719. The normalized spacial score (nSPS) is 34.5. The molecule has 2 N–H and O–H groups in total. The molecule has 2 heterocycles. The van der Waals surface area contributed by atoms with Gasteiger partial charge in [-0.25, -0.2) is 4.79 Å². The van der Waals surface area contributed by atoms with Crippen molar-refractivity contribution in [2.45, 2.75) is 51.2 Å². The van der Waals surface area contributed by atoms with E-state index >= 15 is 0 Å². The van der Waals surface area contributed by atoms with Crippen LogP contribution in [-0.4, -0.2) is 65.6 Å². The first-order valence-electron chi connectivity index (χ1n) is 8.70. The third-order valence-corrected chi connectivity index (χ3v) is 5.22. The Balaban J connectivity index is 1.57. The molecule has 3 rings (SSSR count). The number of hydrogen-bond donors (Lipinski definition) is 2. The third kappa shape index (κ3) is 3.39. The fraction of sp³-hybridized carbons (Fsp3) is 0.812. The average Bonchev–Trinajstić information content (AvgIpc) is 2.75. The molecule has 0 aromatic carbocycles. The number of morpholine rings is 1. The van der Waals surface area contributed by atoms with Crippen LogP contribution in [0.2, 0.25) is 0 Å². The molecule has 2 aliphatic heterocycles. The Hall–Kier alpha value is -1.67. The number of carbonyl (C=O) groups is 3. The van der Waals surface area contributed by atoms with E-state index in [1.165, 1.54) is 0 Å². The molecule has 8 nitrogen and oxygen atoms in total. The van der Waals surface area contributed by atoms with Gasteiger partial charge in [-0.3, -0.25) is 19.9 Å². The van der Waals surface area contributed by atoms with Crippen molar-refractivity contribution in [3.05, 3.63) is 0 Å². The second-order valence-electron chi connectivity index (χ2n) is 7.29. The summed E-state index contributed by atoms with van der Waals surface area (Å²) in [7, 11) is 0. The minimum absolute atomic E-state index is 0.0794. The lowest BCUT2D eigenvalue weighted by Gasteiger charge is -2.33. The van der Waals surface area contributed by atoms with Gasteiger partial charge in [0.1, 0.15) is 5.54 Å².